The number of nitrogens with zero attached hydrogens (tertiary/aromatic N) is 3. The smallest absolute Gasteiger partial charge is 0.273 e. The van der Waals surface area contributed by atoms with Gasteiger partial charge in [0.1, 0.15) is 29.9 Å². The molecule has 8 rings (SSSR count). The molecule has 5 aromatic carbocycles. The highest BCUT2D eigenvalue weighted by atomic mass is 16.7. The minimum atomic E-state index is -1.44. The lowest BCUT2D eigenvalue weighted by Gasteiger charge is -2.60. The van der Waals surface area contributed by atoms with Crippen molar-refractivity contribution in [1.82, 2.24) is 4.90 Å². The summed E-state index contributed by atoms with van der Waals surface area (Å²) in [5, 5.41) is 38.7. The fourth-order valence-electron chi connectivity index (χ4n) is 10.4. The van der Waals surface area contributed by atoms with Crippen LogP contribution in [0.5, 0.6) is 17.2 Å². The van der Waals surface area contributed by atoms with E-state index in [1.807, 2.05) is 89.8 Å². The highest BCUT2D eigenvalue weighted by Gasteiger charge is 2.65. The van der Waals surface area contributed by atoms with Gasteiger partial charge < -0.3 is 34.2 Å². The Bertz CT molecular complexity index is 2560. The Morgan fingerprint density at radius 3 is 2.42 bits per heavy atom. The normalized spacial score (nSPS) is 22.4. The van der Waals surface area contributed by atoms with Crippen molar-refractivity contribution in [2.45, 2.75) is 82.6 Å². The molecule has 2 aliphatic carbocycles. The number of non-ortho nitro benzene ring substituents is 1. The number of ether oxygens (including phenoxy) is 3. The molecule has 66 heavy (non-hydrogen) atoms. The Labute approximate surface area is 386 Å². The van der Waals surface area contributed by atoms with Gasteiger partial charge in [0.25, 0.3) is 11.6 Å². The van der Waals surface area contributed by atoms with E-state index in [0.717, 1.165) is 53.2 Å². The number of nitro groups is 1. The van der Waals surface area contributed by atoms with E-state index in [9.17, 15) is 20.3 Å². The number of oxime groups is 1. The molecule has 0 saturated heterocycles. The summed E-state index contributed by atoms with van der Waals surface area (Å²) in [6, 6.07) is 34.7. The van der Waals surface area contributed by atoms with Crippen molar-refractivity contribution in [3.8, 4) is 17.2 Å². The summed E-state index contributed by atoms with van der Waals surface area (Å²) in [5.74, 6) is -1.01. The van der Waals surface area contributed by atoms with E-state index < -0.39 is 22.7 Å². The first kappa shape index (κ1) is 46.2. The molecule has 344 valence electrons. The van der Waals surface area contributed by atoms with Gasteiger partial charge in [0, 0.05) is 49.3 Å². The van der Waals surface area contributed by atoms with Crippen LogP contribution in [0, 0.1) is 27.9 Å². The van der Waals surface area contributed by atoms with Crippen molar-refractivity contribution in [1.29, 1.82) is 0 Å². The van der Waals surface area contributed by atoms with Crippen molar-refractivity contribution < 1.29 is 39.0 Å². The topological polar surface area (TPSA) is 153 Å². The van der Waals surface area contributed by atoms with E-state index >= 15 is 4.79 Å². The number of carbonyl (C=O) groups excluding carboxylic acids is 1. The summed E-state index contributed by atoms with van der Waals surface area (Å²) in [4.78, 5) is 34.7. The van der Waals surface area contributed by atoms with Gasteiger partial charge in [-0.3, -0.25) is 14.9 Å². The molecule has 1 amide bonds. The first-order valence-electron chi connectivity index (χ1n) is 23.2. The molecule has 1 saturated carbocycles. The number of nitro benzene ring substituents is 1. The van der Waals surface area contributed by atoms with Crippen LogP contribution in [0.25, 0.3) is 10.8 Å². The molecule has 5 aromatic rings. The zero-order valence-corrected chi connectivity index (χ0v) is 37.5. The molecule has 0 aromatic heterocycles. The molecule has 1 aliphatic heterocycles. The van der Waals surface area contributed by atoms with Crippen molar-refractivity contribution >= 4 is 28.1 Å². The minimum absolute atomic E-state index is 0.00698. The zero-order valence-electron chi connectivity index (χ0n) is 37.5. The predicted molar refractivity (Wildman–Crippen MR) is 255 cm³/mol. The number of amides is 1. The number of allylic oxidation sites excluding steroid dienone is 1. The van der Waals surface area contributed by atoms with Crippen molar-refractivity contribution in [3.63, 3.8) is 0 Å². The number of carbonyl (C=O) groups is 1. The maximum atomic E-state index is 15.3. The second-order valence-electron chi connectivity index (χ2n) is 17.4. The highest BCUT2D eigenvalue weighted by Crippen LogP contribution is 2.62. The summed E-state index contributed by atoms with van der Waals surface area (Å²) in [6.45, 7) is 7.04. The predicted octanol–water partition coefficient (Wildman–Crippen LogP) is 10.9. The van der Waals surface area contributed by atoms with Crippen molar-refractivity contribution in [2.75, 3.05) is 26.4 Å². The molecule has 12 nitrogen and oxygen atoms in total. The largest absolute Gasteiger partial charge is 0.459 e. The second kappa shape index (κ2) is 21.3. The number of hydrogen-bond acceptors (Lipinski definition) is 10. The third kappa shape index (κ3) is 9.77. The lowest BCUT2D eigenvalue weighted by Crippen LogP contribution is -2.70. The Morgan fingerprint density at radius 1 is 0.909 bits per heavy atom. The van der Waals surface area contributed by atoms with Gasteiger partial charge in [-0.1, -0.05) is 104 Å². The third-order valence-corrected chi connectivity index (χ3v) is 13.3. The van der Waals surface area contributed by atoms with Gasteiger partial charge in [0.05, 0.1) is 29.2 Å². The fourth-order valence-corrected chi connectivity index (χ4v) is 10.4. The summed E-state index contributed by atoms with van der Waals surface area (Å²) < 4.78 is 21.0. The van der Waals surface area contributed by atoms with E-state index in [1.54, 1.807) is 24.3 Å². The SMILES string of the molecule is C=CCO[C@@]12Oc3ccc(Oc4cccc([N+](=O)[O-])c4)cc3[C@H]3[C@H](CCCCO)[C@@H](CCCCO)C=C(C(=NOCc4ccccc4)C[C@@H]1N(CCC)C(=O)c1ccc4ccccc4c1)[C@H]32. The number of aliphatic hydroxyl groups is 2. The number of hydrogen-bond donors (Lipinski definition) is 2. The van der Waals surface area contributed by atoms with E-state index in [1.165, 1.54) is 12.1 Å². The quantitative estimate of drug-likeness (QED) is 0.0317. The second-order valence-corrected chi connectivity index (χ2v) is 17.4. The number of unbranched alkanes of at least 4 members (excludes halogenated alkanes) is 2. The summed E-state index contributed by atoms with van der Waals surface area (Å²) >= 11 is 0. The maximum absolute atomic E-state index is 15.3. The Kier molecular flexibility index (Phi) is 14.9. The molecular weight excluding hydrogens is 835 g/mol. The summed E-state index contributed by atoms with van der Waals surface area (Å²) in [7, 11) is 0. The van der Waals surface area contributed by atoms with Gasteiger partial charge >= 0.3 is 0 Å². The zero-order chi connectivity index (χ0) is 46.0. The standard InChI is InChI=1S/C54H59N3O9/c1-3-27-56(53(60)41-24-23-38-17-8-9-18-39(38)31-41)50-35-48(55-64-36-37-15-6-5-7-16-37)46-32-40(19-10-12-28-58)45(22-11-13-29-59)51-47-34-44(65-43-21-14-20-42(33-43)57(61)62)25-26-49(47)66-54(50,52(46)51)63-30-4-2/h4-9,14-18,20-21,23-26,31-34,40,45,50-52,58-59H,2-3,10-13,19,22,27-30,35-36H2,1H3/t40-,45+,50-,51+,52+,54+/m0/s1. The molecule has 0 spiro atoms. The van der Waals surface area contributed by atoms with Crippen LogP contribution < -0.4 is 9.47 Å². The molecule has 1 heterocycles. The lowest BCUT2D eigenvalue weighted by atomic mass is 9.55. The van der Waals surface area contributed by atoms with Crippen LogP contribution in [0.15, 0.2) is 145 Å². The average molecular weight is 894 g/mol. The minimum Gasteiger partial charge on any atom is -0.459 e. The highest BCUT2D eigenvalue weighted by molar-refractivity contribution is 6.04. The molecular formula is C54H59N3O9. The van der Waals surface area contributed by atoms with Crippen LogP contribution in [0.2, 0.25) is 0 Å². The monoisotopic (exact) mass is 893 g/mol. The third-order valence-electron chi connectivity index (χ3n) is 13.3. The number of fused-ring (bicyclic) bond motifs is 3. The van der Waals surface area contributed by atoms with E-state index in [-0.39, 0.29) is 62.2 Å². The number of benzene rings is 5. The van der Waals surface area contributed by atoms with Crippen LogP contribution in [0.1, 0.15) is 85.7 Å². The molecule has 3 aliphatic rings. The van der Waals surface area contributed by atoms with Gasteiger partial charge in [-0.05, 0) is 102 Å². The molecule has 1 fully saturated rings. The Hall–Kier alpha value is -6.34. The number of aliphatic hydroxyl groups excluding tert-OH is 2. The molecule has 0 bridgehead atoms. The molecule has 0 radical (unpaired) electrons. The van der Waals surface area contributed by atoms with Gasteiger partial charge in [0.2, 0.25) is 5.79 Å². The van der Waals surface area contributed by atoms with Gasteiger partial charge in [-0.25, -0.2) is 0 Å². The van der Waals surface area contributed by atoms with Crippen LogP contribution in [0.3, 0.4) is 0 Å². The summed E-state index contributed by atoms with van der Waals surface area (Å²) in [6.07, 6.45) is 9.34. The van der Waals surface area contributed by atoms with Crippen LogP contribution in [-0.2, 0) is 16.2 Å². The molecule has 6 atom stereocenters. The Balaban J connectivity index is 1.33. The van der Waals surface area contributed by atoms with Crippen LogP contribution in [0.4, 0.5) is 5.69 Å². The van der Waals surface area contributed by atoms with Crippen LogP contribution in [-0.4, -0.2) is 69.8 Å². The molecule has 12 heteroatoms. The first-order chi connectivity index (χ1) is 32.3. The summed E-state index contributed by atoms with van der Waals surface area (Å²) in [5.41, 5.74) is 3.93. The van der Waals surface area contributed by atoms with Crippen LogP contribution >= 0.6 is 0 Å². The van der Waals surface area contributed by atoms with Gasteiger partial charge in [0.15, 0.2) is 0 Å². The maximum Gasteiger partial charge on any atom is 0.273 e. The fraction of sp³-hybridized carbons (Fsp3) is 0.370. The van der Waals surface area contributed by atoms with Crippen molar-refractivity contribution in [2.24, 2.45) is 22.9 Å². The average Bonchev–Trinajstić information content (AvgIpc) is 3.34. The van der Waals surface area contributed by atoms with E-state index in [0.29, 0.717) is 54.3 Å². The van der Waals surface area contributed by atoms with Crippen molar-refractivity contribution in [3.05, 3.63) is 166 Å². The van der Waals surface area contributed by atoms with E-state index in [2.05, 4.69) is 19.6 Å². The van der Waals surface area contributed by atoms with E-state index in [4.69, 9.17) is 24.2 Å². The Morgan fingerprint density at radius 2 is 1.67 bits per heavy atom. The van der Waals surface area contributed by atoms with Gasteiger partial charge in [-0.2, -0.15) is 0 Å². The molecule has 0 unspecified atom stereocenters. The van der Waals surface area contributed by atoms with Gasteiger partial charge in [-0.15, -0.1) is 6.58 Å². The molecule has 2 N–H and O–H groups in total. The number of rotatable bonds is 21. The first-order valence-corrected chi connectivity index (χ1v) is 23.2. The lowest BCUT2D eigenvalue weighted by molar-refractivity contribution is -0.384.